The van der Waals surface area contributed by atoms with E-state index in [4.69, 9.17) is 4.74 Å². The van der Waals surface area contributed by atoms with E-state index in [9.17, 15) is 9.59 Å². The van der Waals surface area contributed by atoms with Crippen molar-refractivity contribution in [1.29, 1.82) is 0 Å². The van der Waals surface area contributed by atoms with E-state index in [2.05, 4.69) is 33.5 Å². The van der Waals surface area contributed by atoms with Gasteiger partial charge in [0.15, 0.2) is 0 Å². The Morgan fingerprint density at radius 3 is 2.41 bits per heavy atom. The zero-order valence-electron chi connectivity index (χ0n) is 15.7. The molecule has 0 spiro atoms. The van der Waals surface area contributed by atoms with E-state index in [-0.39, 0.29) is 11.8 Å². The van der Waals surface area contributed by atoms with Crippen LogP contribution in [0.5, 0.6) is 5.75 Å². The van der Waals surface area contributed by atoms with Crippen molar-refractivity contribution in [2.45, 2.75) is 32.6 Å². The van der Waals surface area contributed by atoms with Gasteiger partial charge in [0.25, 0.3) is 11.8 Å². The minimum atomic E-state index is -0.257. The summed E-state index contributed by atoms with van der Waals surface area (Å²) in [5.74, 6) is 0.139. The third-order valence-electron chi connectivity index (χ3n) is 4.07. The Labute approximate surface area is 168 Å². The molecule has 0 radical (unpaired) electrons. The van der Waals surface area contributed by atoms with Crippen molar-refractivity contribution >= 4 is 33.4 Å². The molecule has 5 nitrogen and oxygen atoms in total. The molecule has 0 unspecified atom stereocenters. The Morgan fingerprint density at radius 2 is 1.74 bits per heavy atom. The summed E-state index contributed by atoms with van der Waals surface area (Å²) in [7, 11) is 1.58. The number of ether oxygens (including phenoxy) is 1. The standard InChI is InChI=1S/C21H25BrN2O3/c1-3-4-5-6-13-27-19-12-9-16(22)14-18(19)21(26)24-17-10-7-15(8-11-17)20(25)23-2/h7-12,14H,3-6,13H2,1-2H3,(H,23,25)(H,24,26). The number of rotatable bonds is 9. The van der Waals surface area contributed by atoms with Gasteiger partial charge in [0, 0.05) is 22.8 Å². The number of hydrogen-bond donors (Lipinski definition) is 2. The summed E-state index contributed by atoms with van der Waals surface area (Å²) in [5, 5.41) is 5.41. The lowest BCUT2D eigenvalue weighted by molar-refractivity contribution is 0.0962. The first-order chi connectivity index (χ1) is 13.0. The molecule has 144 valence electrons. The maximum absolute atomic E-state index is 12.7. The fraction of sp³-hybridized carbons (Fsp3) is 0.333. The number of carbonyl (C=O) groups excluding carboxylic acids is 2. The van der Waals surface area contributed by atoms with Crippen LogP contribution in [0, 0.1) is 0 Å². The van der Waals surface area contributed by atoms with Gasteiger partial charge >= 0.3 is 0 Å². The number of carbonyl (C=O) groups is 2. The number of unbranched alkanes of at least 4 members (excludes halogenated alkanes) is 3. The number of amides is 2. The predicted molar refractivity (Wildman–Crippen MR) is 112 cm³/mol. The highest BCUT2D eigenvalue weighted by atomic mass is 79.9. The minimum Gasteiger partial charge on any atom is -0.493 e. The summed E-state index contributed by atoms with van der Waals surface area (Å²) in [6.45, 7) is 2.75. The number of hydrogen-bond acceptors (Lipinski definition) is 3. The quantitative estimate of drug-likeness (QED) is 0.546. The molecule has 2 amide bonds. The first-order valence-corrected chi connectivity index (χ1v) is 9.90. The van der Waals surface area contributed by atoms with Crippen LogP contribution in [-0.2, 0) is 0 Å². The Balaban J connectivity index is 2.06. The summed E-state index contributed by atoms with van der Waals surface area (Å²) in [4.78, 5) is 24.3. The Kier molecular flexibility index (Phi) is 8.33. The van der Waals surface area contributed by atoms with Crippen molar-refractivity contribution in [3.8, 4) is 5.75 Å². The highest BCUT2D eigenvalue weighted by Crippen LogP contribution is 2.25. The van der Waals surface area contributed by atoms with E-state index in [1.54, 1.807) is 43.4 Å². The summed E-state index contributed by atoms with van der Waals surface area (Å²) < 4.78 is 6.63. The average Bonchev–Trinajstić information content (AvgIpc) is 2.68. The van der Waals surface area contributed by atoms with Gasteiger partial charge in [-0.25, -0.2) is 0 Å². The number of anilines is 1. The first-order valence-electron chi connectivity index (χ1n) is 9.11. The normalized spacial score (nSPS) is 10.3. The number of halogens is 1. The molecular formula is C21H25BrN2O3. The third-order valence-corrected chi connectivity index (χ3v) is 4.57. The highest BCUT2D eigenvalue weighted by molar-refractivity contribution is 9.10. The van der Waals surface area contributed by atoms with E-state index < -0.39 is 0 Å². The molecule has 0 aromatic heterocycles. The zero-order valence-corrected chi connectivity index (χ0v) is 17.3. The molecule has 2 aromatic rings. The summed E-state index contributed by atoms with van der Waals surface area (Å²) in [6.07, 6.45) is 4.44. The first kappa shape index (κ1) is 21.0. The minimum absolute atomic E-state index is 0.168. The fourth-order valence-corrected chi connectivity index (χ4v) is 2.93. The van der Waals surface area contributed by atoms with Crippen molar-refractivity contribution in [1.82, 2.24) is 5.32 Å². The van der Waals surface area contributed by atoms with Crippen LogP contribution in [0.2, 0.25) is 0 Å². The lowest BCUT2D eigenvalue weighted by Gasteiger charge is -2.12. The average molecular weight is 433 g/mol. The van der Waals surface area contributed by atoms with Crippen LogP contribution < -0.4 is 15.4 Å². The highest BCUT2D eigenvalue weighted by Gasteiger charge is 2.14. The van der Waals surface area contributed by atoms with Gasteiger partial charge in [-0.15, -0.1) is 0 Å². The van der Waals surface area contributed by atoms with E-state index >= 15 is 0 Å². The molecule has 0 aliphatic rings. The van der Waals surface area contributed by atoms with Crippen molar-refractivity contribution in [2.75, 3.05) is 19.0 Å². The van der Waals surface area contributed by atoms with Crippen LogP contribution in [0.3, 0.4) is 0 Å². The Bertz CT molecular complexity index is 775. The second kappa shape index (κ2) is 10.7. The molecule has 0 aliphatic carbocycles. The van der Waals surface area contributed by atoms with E-state index in [1.807, 2.05) is 6.07 Å². The number of benzene rings is 2. The van der Waals surface area contributed by atoms with E-state index in [1.165, 1.54) is 12.8 Å². The zero-order chi connectivity index (χ0) is 19.6. The SMILES string of the molecule is CCCCCCOc1ccc(Br)cc1C(=O)Nc1ccc(C(=O)NC)cc1. The molecule has 2 rings (SSSR count). The van der Waals surface area contributed by atoms with Gasteiger partial charge in [0.05, 0.1) is 12.2 Å². The monoisotopic (exact) mass is 432 g/mol. The van der Waals surface area contributed by atoms with Crippen LogP contribution in [-0.4, -0.2) is 25.5 Å². The van der Waals surface area contributed by atoms with Gasteiger partial charge in [-0.05, 0) is 48.9 Å². The third kappa shape index (κ3) is 6.40. The van der Waals surface area contributed by atoms with Crippen LogP contribution >= 0.6 is 15.9 Å². The Hall–Kier alpha value is -2.34. The van der Waals surface area contributed by atoms with Crippen molar-refractivity contribution in [2.24, 2.45) is 0 Å². The molecule has 0 heterocycles. The molecule has 0 fully saturated rings. The van der Waals surface area contributed by atoms with Crippen molar-refractivity contribution in [3.05, 3.63) is 58.1 Å². The van der Waals surface area contributed by atoms with Crippen LogP contribution in [0.4, 0.5) is 5.69 Å². The summed E-state index contributed by atoms with van der Waals surface area (Å²) >= 11 is 3.41. The lowest BCUT2D eigenvalue weighted by atomic mass is 10.1. The lowest BCUT2D eigenvalue weighted by Crippen LogP contribution is -2.18. The molecule has 0 atom stereocenters. The molecule has 0 saturated heterocycles. The van der Waals surface area contributed by atoms with Gasteiger partial charge in [-0.1, -0.05) is 42.1 Å². The maximum Gasteiger partial charge on any atom is 0.259 e. The van der Waals surface area contributed by atoms with Crippen molar-refractivity contribution in [3.63, 3.8) is 0 Å². The van der Waals surface area contributed by atoms with E-state index in [0.29, 0.717) is 29.2 Å². The van der Waals surface area contributed by atoms with Crippen LogP contribution in [0.1, 0.15) is 53.3 Å². The largest absolute Gasteiger partial charge is 0.493 e. The topological polar surface area (TPSA) is 67.4 Å². The fourth-order valence-electron chi connectivity index (χ4n) is 2.56. The molecule has 2 aromatic carbocycles. The molecule has 0 saturated carbocycles. The molecule has 2 N–H and O–H groups in total. The van der Waals surface area contributed by atoms with Gasteiger partial charge in [-0.3, -0.25) is 9.59 Å². The second-order valence-corrected chi connectivity index (χ2v) is 7.08. The molecule has 6 heteroatoms. The van der Waals surface area contributed by atoms with Gasteiger partial charge in [0.2, 0.25) is 0 Å². The number of nitrogens with one attached hydrogen (secondary N) is 2. The summed E-state index contributed by atoms with van der Waals surface area (Å²) in [6, 6.07) is 12.1. The Morgan fingerprint density at radius 1 is 1.00 bits per heavy atom. The summed E-state index contributed by atoms with van der Waals surface area (Å²) in [5.41, 5.74) is 1.62. The molecule has 0 bridgehead atoms. The predicted octanol–water partition coefficient (Wildman–Crippen LogP) is 5.02. The molecular weight excluding hydrogens is 408 g/mol. The smallest absolute Gasteiger partial charge is 0.259 e. The molecule has 27 heavy (non-hydrogen) atoms. The maximum atomic E-state index is 12.7. The van der Waals surface area contributed by atoms with E-state index in [0.717, 1.165) is 17.3 Å². The van der Waals surface area contributed by atoms with Crippen LogP contribution in [0.15, 0.2) is 46.9 Å². The molecule has 0 aliphatic heterocycles. The van der Waals surface area contributed by atoms with Crippen LogP contribution in [0.25, 0.3) is 0 Å². The van der Waals surface area contributed by atoms with Gasteiger partial charge in [-0.2, -0.15) is 0 Å². The van der Waals surface area contributed by atoms with Gasteiger partial charge in [0.1, 0.15) is 5.75 Å². The van der Waals surface area contributed by atoms with Crippen molar-refractivity contribution < 1.29 is 14.3 Å². The van der Waals surface area contributed by atoms with Gasteiger partial charge < -0.3 is 15.4 Å². The second-order valence-electron chi connectivity index (χ2n) is 6.16.